The number of aromatic nitrogens is 3. The van der Waals surface area contributed by atoms with Crippen LogP contribution in [-0.4, -0.2) is 45.5 Å². The van der Waals surface area contributed by atoms with E-state index in [0.29, 0.717) is 32.1 Å². The molecule has 0 aliphatic carbocycles. The lowest BCUT2D eigenvalue weighted by molar-refractivity contribution is 0.0518. The SMILES string of the molecule is CCOC(=O)c1sc2ncn(CC(=O)c3[nH]c(C)c(C(=O)OCC)c3C)c(=O)c2c1C. The van der Waals surface area contributed by atoms with Gasteiger partial charge in [0, 0.05) is 5.69 Å². The predicted octanol–water partition coefficient (Wildman–Crippen LogP) is 2.95. The summed E-state index contributed by atoms with van der Waals surface area (Å²) < 4.78 is 11.3. The second-order valence-electron chi connectivity index (χ2n) is 6.90. The highest BCUT2D eigenvalue weighted by Crippen LogP contribution is 2.27. The molecule has 0 amide bonds. The number of ketones is 1. The van der Waals surface area contributed by atoms with E-state index in [9.17, 15) is 19.2 Å². The molecule has 3 heterocycles. The van der Waals surface area contributed by atoms with E-state index < -0.39 is 17.5 Å². The summed E-state index contributed by atoms with van der Waals surface area (Å²) in [5.74, 6) is -1.39. The highest BCUT2D eigenvalue weighted by atomic mass is 32.1. The van der Waals surface area contributed by atoms with Crippen molar-refractivity contribution in [2.45, 2.75) is 41.2 Å². The molecule has 31 heavy (non-hydrogen) atoms. The first-order chi connectivity index (χ1) is 14.7. The number of nitrogens with one attached hydrogen (secondary N) is 1. The van der Waals surface area contributed by atoms with Crippen LogP contribution < -0.4 is 5.56 Å². The first kappa shape index (κ1) is 22.4. The molecule has 0 aliphatic heterocycles. The zero-order valence-corrected chi connectivity index (χ0v) is 18.8. The molecule has 3 aromatic rings. The van der Waals surface area contributed by atoms with E-state index in [1.807, 2.05) is 0 Å². The van der Waals surface area contributed by atoms with E-state index in [-0.39, 0.29) is 36.6 Å². The maximum Gasteiger partial charge on any atom is 0.348 e. The fourth-order valence-electron chi connectivity index (χ4n) is 3.44. The average Bonchev–Trinajstić information content (AvgIpc) is 3.21. The summed E-state index contributed by atoms with van der Waals surface area (Å²) in [4.78, 5) is 58.1. The van der Waals surface area contributed by atoms with Gasteiger partial charge in [0.05, 0.1) is 42.7 Å². The third-order valence-electron chi connectivity index (χ3n) is 4.89. The Balaban J connectivity index is 1.97. The Morgan fingerprint density at radius 3 is 2.35 bits per heavy atom. The number of aromatic amines is 1. The van der Waals surface area contributed by atoms with E-state index in [1.165, 1.54) is 10.9 Å². The van der Waals surface area contributed by atoms with E-state index in [2.05, 4.69) is 9.97 Å². The molecular weight excluding hydrogens is 422 g/mol. The maximum absolute atomic E-state index is 13.0. The van der Waals surface area contributed by atoms with Gasteiger partial charge < -0.3 is 14.5 Å². The molecule has 164 valence electrons. The van der Waals surface area contributed by atoms with Gasteiger partial charge in [0.25, 0.3) is 5.56 Å². The Kier molecular flexibility index (Phi) is 6.40. The zero-order chi connectivity index (χ0) is 22.9. The Morgan fingerprint density at radius 2 is 1.71 bits per heavy atom. The van der Waals surface area contributed by atoms with Gasteiger partial charge in [-0.05, 0) is 45.7 Å². The topological polar surface area (TPSA) is 120 Å². The number of esters is 2. The Hall–Kier alpha value is -3.27. The van der Waals surface area contributed by atoms with Crippen LogP contribution in [-0.2, 0) is 16.0 Å². The number of Topliss-reactive ketones (excluding diaryl/α,β-unsaturated/α-hetero) is 1. The van der Waals surface area contributed by atoms with E-state index in [1.54, 1.807) is 34.6 Å². The summed E-state index contributed by atoms with van der Waals surface area (Å²) in [5.41, 5.74) is 1.61. The van der Waals surface area contributed by atoms with Crippen LogP contribution in [0.1, 0.15) is 61.2 Å². The summed E-state index contributed by atoms with van der Waals surface area (Å²) in [7, 11) is 0. The number of hydrogen-bond acceptors (Lipinski definition) is 8. The molecule has 0 bridgehead atoms. The van der Waals surface area contributed by atoms with Gasteiger partial charge in [-0.2, -0.15) is 0 Å². The van der Waals surface area contributed by atoms with Crippen molar-refractivity contribution in [3.05, 3.63) is 49.6 Å². The number of hydrogen-bond donors (Lipinski definition) is 1. The van der Waals surface area contributed by atoms with Crippen LogP contribution in [0.2, 0.25) is 0 Å². The number of fused-ring (bicyclic) bond motifs is 1. The first-order valence-electron chi connectivity index (χ1n) is 9.76. The zero-order valence-electron chi connectivity index (χ0n) is 18.0. The number of H-pyrrole nitrogens is 1. The highest BCUT2D eigenvalue weighted by molar-refractivity contribution is 7.20. The van der Waals surface area contributed by atoms with Gasteiger partial charge in [0.15, 0.2) is 5.78 Å². The van der Waals surface area contributed by atoms with Gasteiger partial charge in [-0.25, -0.2) is 14.6 Å². The van der Waals surface area contributed by atoms with Gasteiger partial charge in [-0.1, -0.05) is 0 Å². The fraction of sp³-hybridized carbons (Fsp3) is 0.381. The molecule has 9 nitrogen and oxygen atoms in total. The second kappa shape index (κ2) is 8.84. The minimum Gasteiger partial charge on any atom is -0.462 e. The summed E-state index contributed by atoms with van der Waals surface area (Å²) in [6.45, 7) is 8.58. The minimum atomic E-state index is -0.506. The third kappa shape index (κ3) is 4.02. The molecule has 0 radical (unpaired) electrons. The van der Waals surface area contributed by atoms with Gasteiger partial charge in [-0.15, -0.1) is 11.3 Å². The lowest BCUT2D eigenvalue weighted by atomic mass is 10.1. The van der Waals surface area contributed by atoms with Gasteiger partial charge >= 0.3 is 11.9 Å². The molecule has 0 atom stereocenters. The van der Waals surface area contributed by atoms with Gasteiger partial charge in [-0.3, -0.25) is 14.2 Å². The molecule has 0 saturated heterocycles. The van der Waals surface area contributed by atoms with Gasteiger partial charge in [0.1, 0.15) is 9.71 Å². The minimum absolute atomic E-state index is 0.223. The molecule has 3 aromatic heterocycles. The predicted molar refractivity (Wildman–Crippen MR) is 115 cm³/mol. The van der Waals surface area contributed by atoms with Crippen molar-refractivity contribution in [1.82, 2.24) is 14.5 Å². The maximum atomic E-state index is 13.0. The summed E-state index contributed by atoms with van der Waals surface area (Å²) in [6, 6.07) is 0. The van der Waals surface area contributed by atoms with Gasteiger partial charge in [0.2, 0.25) is 0 Å². The molecular formula is C21H23N3O6S. The second-order valence-corrected chi connectivity index (χ2v) is 7.90. The fourth-order valence-corrected chi connectivity index (χ4v) is 4.47. The van der Waals surface area contributed by atoms with Crippen LogP contribution in [0, 0.1) is 20.8 Å². The van der Waals surface area contributed by atoms with Crippen LogP contribution in [0.25, 0.3) is 10.2 Å². The van der Waals surface area contributed by atoms with Crippen molar-refractivity contribution >= 4 is 39.3 Å². The van der Waals surface area contributed by atoms with Crippen LogP contribution in [0.4, 0.5) is 0 Å². The number of ether oxygens (including phenoxy) is 2. The van der Waals surface area contributed by atoms with Crippen molar-refractivity contribution in [3.63, 3.8) is 0 Å². The molecule has 3 rings (SSSR count). The van der Waals surface area contributed by atoms with E-state index in [0.717, 1.165) is 11.3 Å². The van der Waals surface area contributed by atoms with Crippen LogP contribution >= 0.6 is 11.3 Å². The normalized spacial score (nSPS) is 11.0. The summed E-state index contributed by atoms with van der Waals surface area (Å²) in [5, 5.41) is 0.287. The molecule has 1 N–H and O–H groups in total. The van der Waals surface area contributed by atoms with Crippen molar-refractivity contribution in [2.75, 3.05) is 13.2 Å². The standard InChI is InChI=1S/C21H23N3O6S/c1-6-29-20(27)14-10(3)16(23-12(14)5)13(25)8-24-9-22-18-15(19(24)26)11(4)17(31-18)21(28)30-7-2/h9,23H,6-8H2,1-5H3. The summed E-state index contributed by atoms with van der Waals surface area (Å²) >= 11 is 1.08. The van der Waals surface area contributed by atoms with Crippen molar-refractivity contribution in [2.24, 2.45) is 0 Å². The smallest absolute Gasteiger partial charge is 0.348 e. The van der Waals surface area contributed by atoms with E-state index in [4.69, 9.17) is 9.47 Å². The molecule has 0 fully saturated rings. The molecule has 0 unspecified atom stereocenters. The first-order valence-corrected chi connectivity index (χ1v) is 10.6. The number of aryl methyl sites for hydroxylation is 2. The Labute approximate surface area is 182 Å². The van der Waals surface area contributed by atoms with Crippen LogP contribution in [0.5, 0.6) is 0 Å². The molecule has 0 spiro atoms. The Morgan fingerprint density at radius 1 is 1.06 bits per heavy atom. The lowest BCUT2D eigenvalue weighted by Crippen LogP contribution is -2.25. The van der Waals surface area contributed by atoms with Crippen LogP contribution in [0.3, 0.4) is 0 Å². The molecule has 0 saturated carbocycles. The third-order valence-corrected chi connectivity index (χ3v) is 6.07. The summed E-state index contributed by atoms with van der Waals surface area (Å²) in [6.07, 6.45) is 1.28. The number of nitrogens with zero attached hydrogens (tertiary/aromatic N) is 2. The van der Waals surface area contributed by atoms with Crippen LogP contribution in [0.15, 0.2) is 11.1 Å². The lowest BCUT2D eigenvalue weighted by Gasteiger charge is -2.05. The molecule has 0 aliphatic rings. The largest absolute Gasteiger partial charge is 0.462 e. The highest BCUT2D eigenvalue weighted by Gasteiger charge is 2.24. The van der Waals surface area contributed by atoms with Crippen molar-refractivity contribution < 1.29 is 23.9 Å². The Bertz CT molecular complexity index is 1250. The van der Waals surface area contributed by atoms with Crippen molar-refractivity contribution in [1.29, 1.82) is 0 Å². The quantitative estimate of drug-likeness (QED) is 0.438. The average molecular weight is 445 g/mol. The number of carbonyl (C=O) groups is 3. The number of carbonyl (C=O) groups excluding carboxylic acids is 3. The monoisotopic (exact) mass is 445 g/mol. The number of rotatable bonds is 7. The van der Waals surface area contributed by atoms with Crippen molar-refractivity contribution in [3.8, 4) is 0 Å². The van der Waals surface area contributed by atoms with E-state index >= 15 is 0 Å². The number of thiophene rings is 1. The molecule has 0 aromatic carbocycles. The molecule has 10 heteroatoms.